The first-order valence-corrected chi connectivity index (χ1v) is 7.77. The van der Waals surface area contributed by atoms with E-state index in [-0.39, 0.29) is 17.4 Å². The molecule has 0 fully saturated rings. The van der Waals surface area contributed by atoms with Crippen molar-refractivity contribution < 1.29 is 14.3 Å². The molecule has 1 atom stereocenters. The number of rotatable bonds is 4. The molecule has 2 heterocycles. The summed E-state index contributed by atoms with van der Waals surface area (Å²) in [7, 11) is 0. The molecule has 0 radical (unpaired) electrons. The third kappa shape index (κ3) is 2.81. The Morgan fingerprint density at radius 3 is 2.50 bits per heavy atom. The standard InChI is InChI=1S/C15H18N2O4S/c1-7(2)21-15(20)12-8(3)11-13(22-12)16-6-17(14(11)19)9(4)10(5)18/h6-7,9H,1-5H3. The molecule has 7 heteroatoms. The zero-order chi connectivity index (χ0) is 16.6. The van der Waals surface area contributed by atoms with Gasteiger partial charge in [-0.3, -0.25) is 14.2 Å². The van der Waals surface area contributed by atoms with Gasteiger partial charge in [-0.15, -0.1) is 11.3 Å². The van der Waals surface area contributed by atoms with Crippen molar-refractivity contribution in [3.05, 3.63) is 27.1 Å². The molecule has 6 nitrogen and oxygen atoms in total. The highest BCUT2D eigenvalue weighted by Gasteiger charge is 2.22. The molecule has 2 rings (SSSR count). The van der Waals surface area contributed by atoms with Crippen LogP contribution in [0.15, 0.2) is 11.1 Å². The average Bonchev–Trinajstić information content (AvgIpc) is 2.75. The van der Waals surface area contributed by atoms with Crippen molar-refractivity contribution in [1.29, 1.82) is 0 Å². The summed E-state index contributed by atoms with van der Waals surface area (Å²) in [5.74, 6) is -0.586. The number of fused-ring (bicyclic) bond motifs is 1. The second-order valence-corrected chi connectivity index (χ2v) is 6.43. The first-order valence-electron chi connectivity index (χ1n) is 6.95. The second kappa shape index (κ2) is 6.00. The van der Waals surface area contributed by atoms with E-state index in [0.29, 0.717) is 20.7 Å². The monoisotopic (exact) mass is 322 g/mol. The average molecular weight is 322 g/mol. The fraction of sp³-hybridized carbons (Fsp3) is 0.467. The molecule has 118 valence electrons. The van der Waals surface area contributed by atoms with Crippen LogP contribution in [0.5, 0.6) is 0 Å². The van der Waals surface area contributed by atoms with E-state index >= 15 is 0 Å². The van der Waals surface area contributed by atoms with Gasteiger partial charge in [-0.05, 0) is 40.2 Å². The lowest BCUT2D eigenvalue weighted by atomic mass is 10.2. The van der Waals surface area contributed by atoms with Crippen LogP contribution >= 0.6 is 11.3 Å². The number of hydrogen-bond acceptors (Lipinski definition) is 6. The van der Waals surface area contributed by atoms with E-state index in [1.165, 1.54) is 17.8 Å². The fourth-order valence-electron chi connectivity index (χ4n) is 2.07. The van der Waals surface area contributed by atoms with Crippen molar-refractivity contribution >= 4 is 33.3 Å². The van der Waals surface area contributed by atoms with Gasteiger partial charge in [0.2, 0.25) is 0 Å². The summed E-state index contributed by atoms with van der Waals surface area (Å²) >= 11 is 1.13. The lowest BCUT2D eigenvalue weighted by molar-refractivity contribution is -0.119. The normalized spacial score (nSPS) is 12.6. The number of aryl methyl sites for hydroxylation is 1. The van der Waals surface area contributed by atoms with Gasteiger partial charge in [0, 0.05) is 0 Å². The molecule has 0 aromatic carbocycles. The molecule has 1 unspecified atom stereocenters. The molecule has 22 heavy (non-hydrogen) atoms. The summed E-state index contributed by atoms with van der Waals surface area (Å²) in [5, 5.41) is 0.372. The zero-order valence-corrected chi connectivity index (χ0v) is 14.0. The minimum Gasteiger partial charge on any atom is -0.459 e. The van der Waals surface area contributed by atoms with Crippen LogP contribution in [-0.4, -0.2) is 27.4 Å². The lowest BCUT2D eigenvalue weighted by Gasteiger charge is -2.10. The maximum absolute atomic E-state index is 12.6. The van der Waals surface area contributed by atoms with Crippen LogP contribution < -0.4 is 5.56 Å². The maximum atomic E-state index is 12.6. The van der Waals surface area contributed by atoms with E-state index < -0.39 is 12.0 Å². The predicted octanol–water partition coefficient (Wildman–Crippen LogP) is 2.48. The molecule has 0 aliphatic heterocycles. The first-order chi connectivity index (χ1) is 10.2. The van der Waals surface area contributed by atoms with Crippen molar-refractivity contribution in [3.63, 3.8) is 0 Å². The Labute approximate surface area is 131 Å². The van der Waals surface area contributed by atoms with Gasteiger partial charge >= 0.3 is 5.97 Å². The third-order valence-electron chi connectivity index (χ3n) is 3.41. The van der Waals surface area contributed by atoms with E-state index in [2.05, 4.69) is 4.98 Å². The number of ether oxygens (including phenoxy) is 1. The fourth-order valence-corrected chi connectivity index (χ4v) is 3.09. The molecule has 0 spiro atoms. The number of hydrogen-bond donors (Lipinski definition) is 0. The number of ketones is 1. The van der Waals surface area contributed by atoms with Gasteiger partial charge in [-0.25, -0.2) is 9.78 Å². The molecule has 2 aromatic rings. The van der Waals surface area contributed by atoms with Gasteiger partial charge in [0.15, 0.2) is 5.78 Å². The van der Waals surface area contributed by atoms with Gasteiger partial charge in [0.1, 0.15) is 9.71 Å². The summed E-state index contributed by atoms with van der Waals surface area (Å²) in [4.78, 5) is 41.2. The van der Waals surface area contributed by atoms with Gasteiger partial charge < -0.3 is 4.74 Å². The van der Waals surface area contributed by atoms with Crippen LogP contribution in [0.4, 0.5) is 0 Å². The zero-order valence-electron chi connectivity index (χ0n) is 13.2. The van der Waals surface area contributed by atoms with E-state index in [9.17, 15) is 14.4 Å². The Morgan fingerprint density at radius 2 is 1.95 bits per heavy atom. The van der Waals surface area contributed by atoms with Crippen LogP contribution in [-0.2, 0) is 9.53 Å². The Kier molecular flexibility index (Phi) is 4.46. The van der Waals surface area contributed by atoms with Gasteiger partial charge in [-0.2, -0.15) is 0 Å². The van der Waals surface area contributed by atoms with Crippen LogP contribution in [0.2, 0.25) is 0 Å². The molecular weight excluding hydrogens is 304 g/mol. The number of aromatic nitrogens is 2. The molecule has 0 N–H and O–H groups in total. The minimum atomic E-state index is -0.588. The van der Waals surface area contributed by atoms with Crippen molar-refractivity contribution in [2.45, 2.75) is 46.8 Å². The van der Waals surface area contributed by atoms with Crippen LogP contribution in [0.1, 0.15) is 49.0 Å². The summed E-state index contributed by atoms with van der Waals surface area (Å²) in [6, 6.07) is -0.588. The number of carbonyl (C=O) groups excluding carboxylic acids is 2. The van der Waals surface area contributed by atoms with Crippen LogP contribution in [0.25, 0.3) is 10.2 Å². The largest absolute Gasteiger partial charge is 0.459 e. The highest BCUT2D eigenvalue weighted by atomic mass is 32.1. The molecule has 0 amide bonds. The smallest absolute Gasteiger partial charge is 0.348 e. The molecule has 0 bridgehead atoms. The molecule has 0 saturated carbocycles. The SMILES string of the molecule is CC(=O)C(C)n1cnc2sc(C(=O)OC(C)C)c(C)c2c1=O. The van der Waals surface area contributed by atoms with E-state index in [4.69, 9.17) is 4.74 Å². The maximum Gasteiger partial charge on any atom is 0.348 e. The van der Waals surface area contributed by atoms with E-state index in [1.54, 1.807) is 27.7 Å². The topological polar surface area (TPSA) is 78.3 Å². The first kappa shape index (κ1) is 16.4. The molecule has 2 aromatic heterocycles. The van der Waals surface area contributed by atoms with Crippen molar-refractivity contribution in [3.8, 4) is 0 Å². The number of Topliss-reactive ketones (excluding diaryl/α,β-unsaturated/α-hetero) is 1. The van der Waals surface area contributed by atoms with E-state index in [0.717, 1.165) is 11.3 Å². The molecule has 0 aliphatic rings. The summed E-state index contributed by atoms with van der Waals surface area (Å²) in [5.41, 5.74) is 0.235. The number of nitrogens with zero attached hydrogens (tertiary/aromatic N) is 2. The van der Waals surface area contributed by atoms with Gasteiger partial charge in [-0.1, -0.05) is 0 Å². The second-order valence-electron chi connectivity index (χ2n) is 5.43. The summed E-state index contributed by atoms with van der Waals surface area (Å²) < 4.78 is 6.48. The van der Waals surface area contributed by atoms with Gasteiger partial charge in [0.05, 0.1) is 23.9 Å². The minimum absolute atomic E-state index is 0.129. The molecule has 0 aliphatic carbocycles. The Morgan fingerprint density at radius 1 is 1.32 bits per heavy atom. The summed E-state index contributed by atoms with van der Waals surface area (Å²) in [6.45, 7) is 8.29. The highest BCUT2D eigenvalue weighted by molar-refractivity contribution is 7.20. The lowest BCUT2D eigenvalue weighted by Crippen LogP contribution is -2.27. The quantitative estimate of drug-likeness (QED) is 0.808. The molecular formula is C15H18N2O4S. The van der Waals surface area contributed by atoms with Crippen LogP contribution in [0.3, 0.4) is 0 Å². The van der Waals surface area contributed by atoms with Crippen molar-refractivity contribution in [2.24, 2.45) is 0 Å². The Balaban J connectivity index is 2.62. The van der Waals surface area contributed by atoms with Crippen molar-refractivity contribution in [1.82, 2.24) is 9.55 Å². The van der Waals surface area contributed by atoms with Gasteiger partial charge in [0.25, 0.3) is 5.56 Å². The predicted molar refractivity (Wildman–Crippen MR) is 84.6 cm³/mol. The number of thiophene rings is 1. The Bertz CT molecular complexity index is 804. The number of carbonyl (C=O) groups is 2. The van der Waals surface area contributed by atoms with Crippen molar-refractivity contribution in [2.75, 3.05) is 0 Å². The Hall–Kier alpha value is -2.02. The van der Waals surface area contributed by atoms with E-state index in [1.807, 2.05) is 0 Å². The highest BCUT2D eigenvalue weighted by Crippen LogP contribution is 2.28. The summed E-state index contributed by atoms with van der Waals surface area (Å²) in [6.07, 6.45) is 1.11. The number of esters is 1. The third-order valence-corrected chi connectivity index (χ3v) is 4.59. The molecule has 0 saturated heterocycles. The van der Waals surface area contributed by atoms with Crippen LogP contribution in [0, 0.1) is 6.92 Å².